The molecule has 2 heteroatoms. The van der Waals surface area contributed by atoms with E-state index in [0.717, 1.165) is 12.2 Å². The Morgan fingerprint density at radius 1 is 1.25 bits per heavy atom. The Balaban J connectivity index is 2.48. The van der Waals surface area contributed by atoms with Crippen molar-refractivity contribution in [3.05, 3.63) is 30.3 Å². The van der Waals surface area contributed by atoms with E-state index in [1.54, 1.807) is 0 Å². The third-order valence-electron chi connectivity index (χ3n) is 1.82. The fourth-order valence-electron chi connectivity index (χ4n) is 1.11. The van der Waals surface area contributed by atoms with Gasteiger partial charge in [0.15, 0.2) is 0 Å². The van der Waals surface area contributed by atoms with Crippen LogP contribution in [-0.4, -0.2) is 20.3 Å². The summed E-state index contributed by atoms with van der Waals surface area (Å²) in [7, 11) is 1.98. The Bertz CT molecular complexity index is 210. The van der Waals surface area contributed by atoms with Gasteiger partial charge in [-0.15, -0.1) is 0 Å². The number of anilines is 1. The molecule has 0 saturated carbocycles. The molecule has 0 saturated heterocycles. The lowest BCUT2D eigenvalue weighted by Gasteiger charge is -2.17. The molecule has 0 aliphatic rings. The van der Waals surface area contributed by atoms with Crippen LogP contribution in [0, 0.1) is 0 Å². The number of para-hydroxylation sites is 1. The van der Waals surface area contributed by atoms with Crippen LogP contribution in [0.2, 0.25) is 0 Å². The van der Waals surface area contributed by atoms with E-state index in [9.17, 15) is 4.39 Å². The number of halogens is 1. The predicted molar refractivity (Wildman–Crippen MR) is 50.3 cm³/mol. The van der Waals surface area contributed by atoms with E-state index < -0.39 is 0 Å². The summed E-state index contributed by atoms with van der Waals surface area (Å²) in [6, 6.07) is 10.0. The van der Waals surface area contributed by atoms with Gasteiger partial charge in [-0.1, -0.05) is 18.2 Å². The molecule has 0 atom stereocenters. The summed E-state index contributed by atoms with van der Waals surface area (Å²) in [5.74, 6) is 0. The van der Waals surface area contributed by atoms with Crippen LogP contribution in [0.5, 0.6) is 0 Å². The van der Waals surface area contributed by atoms with Crippen LogP contribution in [-0.2, 0) is 0 Å². The van der Waals surface area contributed by atoms with Crippen molar-refractivity contribution in [2.45, 2.75) is 6.42 Å². The van der Waals surface area contributed by atoms with Gasteiger partial charge in [0.05, 0.1) is 6.67 Å². The molecule has 0 aromatic heterocycles. The molecular formula is C10H14FN. The number of hydrogen-bond acceptors (Lipinski definition) is 1. The maximum atomic E-state index is 11.8. The molecule has 1 aromatic carbocycles. The van der Waals surface area contributed by atoms with Gasteiger partial charge in [-0.3, -0.25) is 4.39 Å². The van der Waals surface area contributed by atoms with E-state index >= 15 is 0 Å². The highest BCUT2D eigenvalue weighted by atomic mass is 19.1. The van der Waals surface area contributed by atoms with Crippen molar-refractivity contribution in [1.29, 1.82) is 0 Å². The largest absolute Gasteiger partial charge is 0.375 e. The highest BCUT2D eigenvalue weighted by Gasteiger charge is 1.97. The van der Waals surface area contributed by atoms with Gasteiger partial charge >= 0.3 is 0 Å². The van der Waals surface area contributed by atoms with Crippen LogP contribution in [0.3, 0.4) is 0 Å². The van der Waals surface area contributed by atoms with Crippen LogP contribution in [0.1, 0.15) is 6.42 Å². The Morgan fingerprint density at radius 2 is 1.92 bits per heavy atom. The summed E-state index contributed by atoms with van der Waals surface area (Å²) in [5, 5.41) is 0. The highest BCUT2D eigenvalue weighted by molar-refractivity contribution is 5.44. The third kappa shape index (κ3) is 2.53. The smallest absolute Gasteiger partial charge is 0.0911 e. The van der Waals surface area contributed by atoms with Gasteiger partial charge in [-0.05, 0) is 18.6 Å². The molecular weight excluding hydrogens is 153 g/mol. The second-order valence-corrected chi connectivity index (χ2v) is 2.80. The van der Waals surface area contributed by atoms with E-state index in [1.807, 2.05) is 37.4 Å². The van der Waals surface area contributed by atoms with Gasteiger partial charge in [0.25, 0.3) is 0 Å². The maximum absolute atomic E-state index is 11.8. The average molecular weight is 167 g/mol. The molecule has 0 unspecified atom stereocenters. The summed E-state index contributed by atoms with van der Waals surface area (Å²) >= 11 is 0. The Morgan fingerprint density at radius 3 is 2.50 bits per heavy atom. The number of benzene rings is 1. The molecule has 66 valence electrons. The molecule has 0 bridgehead atoms. The molecule has 0 aliphatic carbocycles. The lowest BCUT2D eigenvalue weighted by atomic mass is 10.3. The van der Waals surface area contributed by atoms with Crippen molar-refractivity contribution in [3.63, 3.8) is 0 Å². The maximum Gasteiger partial charge on any atom is 0.0911 e. The molecule has 0 amide bonds. The summed E-state index contributed by atoms with van der Waals surface area (Å²) in [6.45, 7) is 0.539. The average Bonchev–Trinajstić information content (AvgIpc) is 2.15. The number of hydrogen-bond donors (Lipinski definition) is 0. The summed E-state index contributed by atoms with van der Waals surface area (Å²) < 4.78 is 11.8. The topological polar surface area (TPSA) is 3.24 Å². The fourth-order valence-corrected chi connectivity index (χ4v) is 1.11. The van der Waals surface area contributed by atoms with Crippen LogP contribution in [0.25, 0.3) is 0 Å². The van der Waals surface area contributed by atoms with Gasteiger partial charge < -0.3 is 4.90 Å². The Hall–Kier alpha value is -1.05. The van der Waals surface area contributed by atoms with Gasteiger partial charge in [0.1, 0.15) is 0 Å². The highest BCUT2D eigenvalue weighted by Crippen LogP contribution is 2.10. The summed E-state index contributed by atoms with van der Waals surface area (Å²) in [6.07, 6.45) is 0.603. The molecule has 0 fully saturated rings. The van der Waals surface area contributed by atoms with Crippen molar-refractivity contribution in [2.75, 3.05) is 25.2 Å². The summed E-state index contributed by atoms with van der Waals surface area (Å²) in [4.78, 5) is 2.06. The van der Waals surface area contributed by atoms with E-state index in [1.165, 1.54) is 0 Å². The first-order chi connectivity index (χ1) is 5.84. The minimum Gasteiger partial charge on any atom is -0.375 e. The molecule has 1 aromatic rings. The Kier molecular flexibility index (Phi) is 3.58. The number of alkyl halides is 1. The zero-order chi connectivity index (χ0) is 8.81. The van der Waals surface area contributed by atoms with Crippen molar-refractivity contribution in [1.82, 2.24) is 0 Å². The zero-order valence-electron chi connectivity index (χ0n) is 7.33. The van der Waals surface area contributed by atoms with E-state index in [4.69, 9.17) is 0 Å². The molecule has 12 heavy (non-hydrogen) atoms. The summed E-state index contributed by atoms with van der Waals surface area (Å²) in [5.41, 5.74) is 1.14. The van der Waals surface area contributed by atoms with Crippen LogP contribution >= 0.6 is 0 Å². The van der Waals surface area contributed by atoms with E-state index in [-0.39, 0.29) is 6.67 Å². The Labute approximate surface area is 72.8 Å². The van der Waals surface area contributed by atoms with Crippen molar-refractivity contribution in [3.8, 4) is 0 Å². The molecule has 0 N–H and O–H groups in total. The van der Waals surface area contributed by atoms with Crippen LogP contribution in [0.15, 0.2) is 30.3 Å². The molecule has 1 nitrogen and oxygen atoms in total. The van der Waals surface area contributed by atoms with Crippen LogP contribution in [0.4, 0.5) is 10.1 Å². The second kappa shape index (κ2) is 4.75. The molecule has 0 radical (unpaired) electrons. The van der Waals surface area contributed by atoms with Crippen molar-refractivity contribution in [2.24, 2.45) is 0 Å². The van der Waals surface area contributed by atoms with Crippen molar-refractivity contribution < 1.29 is 4.39 Å². The SMILES string of the molecule is CN(CCCF)c1ccccc1. The first-order valence-electron chi connectivity index (χ1n) is 4.16. The monoisotopic (exact) mass is 167 g/mol. The lowest BCUT2D eigenvalue weighted by molar-refractivity contribution is 0.474. The van der Waals surface area contributed by atoms with Gasteiger partial charge in [-0.25, -0.2) is 0 Å². The van der Waals surface area contributed by atoms with Gasteiger partial charge in [0.2, 0.25) is 0 Å². The van der Waals surface area contributed by atoms with Gasteiger partial charge in [-0.2, -0.15) is 0 Å². The second-order valence-electron chi connectivity index (χ2n) is 2.80. The third-order valence-corrected chi connectivity index (χ3v) is 1.82. The molecule has 0 spiro atoms. The normalized spacial score (nSPS) is 9.83. The zero-order valence-corrected chi connectivity index (χ0v) is 7.33. The quantitative estimate of drug-likeness (QED) is 0.666. The predicted octanol–water partition coefficient (Wildman–Crippen LogP) is 2.48. The number of nitrogens with zero attached hydrogens (tertiary/aromatic N) is 1. The standard InChI is InChI=1S/C10H14FN/c1-12(9-5-8-11)10-6-3-2-4-7-10/h2-4,6-7H,5,8-9H2,1H3. The molecule has 0 aliphatic heterocycles. The molecule has 1 rings (SSSR count). The minimum absolute atomic E-state index is 0.239. The number of rotatable bonds is 4. The lowest BCUT2D eigenvalue weighted by Crippen LogP contribution is -2.18. The van der Waals surface area contributed by atoms with E-state index in [0.29, 0.717) is 6.42 Å². The van der Waals surface area contributed by atoms with Gasteiger partial charge in [0, 0.05) is 19.3 Å². The first-order valence-corrected chi connectivity index (χ1v) is 4.16. The van der Waals surface area contributed by atoms with E-state index in [2.05, 4.69) is 4.90 Å². The van der Waals surface area contributed by atoms with Crippen molar-refractivity contribution >= 4 is 5.69 Å². The first kappa shape index (κ1) is 9.04. The fraction of sp³-hybridized carbons (Fsp3) is 0.400. The van der Waals surface area contributed by atoms with Crippen LogP contribution < -0.4 is 4.90 Å². The molecule has 0 heterocycles. The minimum atomic E-state index is -0.239.